The van der Waals surface area contributed by atoms with E-state index in [1.165, 1.54) is 12.8 Å². The molecule has 1 aliphatic heterocycles. The van der Waals surface area contributed by atoms with Crippen molar-refractivity contribution in [3.63, 3.8) is 0 Å². The van der Waals surface area contributed by atoms with Gasteiger partial charge in [0, 0.05) is 5.92 Å². The Hall–Kier alpha value is -0.520. The van der Waals surface area contributed by atoms with Crippen LogP contribution in [0.4, 0.5) is 0 Å². The van der Waals surface area contributed by atoms with Gasteiger partial charge in [0.25, 0.3) is 0 Å². The van der Waals surface area contributed by atoms with Crippen molar-refractivity contribution >= 4 is 0 Å². The van der Waals surface area contributed by atoms with Gasteiger partial charge in [-0.3, -0.25) is 0 Å². The van der Waals surface area contributed by atoms with Gasteiger partial charge in [0.1, 0.15) is 6.10 Å². The minimum Gasteiger partial charge on any atom is -0.393 e. The Balaban J connectivity index is 2.16. The Labute approximate surface area is 80.3 Å². The summed E-state index contributed by atoms with van der Waals surface area (Å²) in [6, 6.07) is 0. The summed E-state index contributed by atoms with van der Waals surface area (Å²) in [4.78, 5) is 0. The Kier molecular flexibility index (Phi) is 4.27. The number of aliphatic hydroxyl groups excluding tert-OH is 1. The number of hydrogen-bond donors (Lipinski definition) is 1. The summed E-state index contributed by atoms with van der Waals surface area (Å²) in [5, 5.41) is 9.72. The molecule has 3 atom stereocenters. The highest BCUT2D eigenvalue weighted by atomic mass is 16.5. The molecule has 0 aromatic heterocycles. The van der Waals surface area contributed by atoms with E-state index in [2.05, 4.69) is 12.8 Å². The summed E-state index contributed by atoms with van der Waals surface area (Å²) in [6.07, 6.45) is 9.15. The van der Waals surface area contributed by atoms with Crippen LogP contribution in [-0.4, -0.2) is 23.9 Å². The van der Waals surface area contributed by atoms with Crippen LogP contribution in [0.15, 0.2) is 0 Å². The van der Waals surface area contributed by atoms with E-state index in [1.54, 1.807) is 0 Å². The van der Waals surface area contributed by atoms with Crippen molar-refractivity contribution in [2.75, 3.05) is 6.61 Å². The summed E-state index contributed by atoms with van der Waals surface area (Å²) < 4.78 is 5.12. The summed E-state index contributed by atoms with van der Waals surface area (Å²) in [5.41, 5.74) is 0. The van der Waals surface area contributed by atoms with Gasteiger partial charge in [0.2, 0.25) is 0 Å². The smallest absolute Gasteiger partial charge is 0.125 e. The number of unbranched alkanes of at least 4 members (excludes halogenated alkanes) is 2. The van der Waals surface area contributed by atoms with Gasteiger partial charge in [0.15, 0.2) is 0 Å². The minimum absolute atomic E-state index is 0.142. The second-order valence-electron chi connectivity index (χ2n) is 3.65. The molecule has 1 heterocycles. The monoisotopic (exact) mass is 182 g/mol. The van der Waals surface area contributed by atoms with Gasteiger partial charge in [-0.25, -0.2) is 0 Å². The topological polar surface area (TPSA) is 29.5 Å². The van der Waals surface area contributed by atoms with E-state index in [0.29, 0.717) is 6.61 Å². The van der Waals surface area contributed by atoms with Crippen LogP contribution in [0.1, 0.15) is 32.6 Å². The molecule has 1 saturated heterocycles. The highest BCUT2D eigenvalue weighted by molar-refractivity contribution is 5.04. The minimum atomic E-state index is -0.263. The first-order valence-electron chi connectivity index (χ1n) is 5.05. The zero-order chi connectivity index (χ0) is 9.68. The van der Waals surface area contributed by atoms with Crippen molar-refractivity contribution in [1.29, 1.82) is 0 Å². The third-order valence-electron chi connectivity index (χ3n) is 2.62. The molecule has 0 aliphatic carbocycles. The molecule has 0 spiro atoms. The summed E-state index contributed by atoms with van der Waals surface area (Å²) in [5.74, 6) is 2.72. The van der Waals surface area contributed by atoms with Crippen molar-refractivity contribution < 1.29 is 9.84 Å². The molecular formula is C11H18O2. The van der Waals surface area contributed by atoms with Crippen LogP contribution in [0.2, 0.25) is 0 Å². The first kappa shape index (κ1) is 10.6. The van der Waals surface area contributed by atoms with E-state index in [4.69, 9.17) is 11.2 Å². The largest absolute Gasteiger partial charge is 0.393 e. The predicted molar refractivity (Wildman–Crippen MR) is 52.2 cm³/mol. The predicted octanol–water partition coefficient (Wildman–Crippen LogP) is 1.58. The first-order chi connectivity index (χ1) is 6.29. The molecule has 0 bridgehead atoms. The molecule has 0 amide bonds. The van der Waals surface area contributed by atoms with E-state index >= 15 is 0 Å². The van der Waals surface area contributed by atoms with Crippen molar-refractivity contribution in [3.05, 3.63) is 0 Å². The SMILES string of the molecule is C#C[C@H]1OC[C@@H]1[C@H](O)CCCCC. The Morgan fingerprint density at radius 1 is 1.62 bits per heavy atom. The maximum absolute atomic E-state index is 9.72. The number of aliphatic hydroxyl groups is 1. The molecule has 1 aliphatic rings. The van der Waals surface area contributed by atoms with Crippen molar-refractivity contribution in [2.45, 2.75) is 44.8 Å². The van der Waals surface area contributed by atoms with Gasteiger partial charge in [-0.05, 0) is 6.42 Å². The van der Waals surface area contributed by atoms with Crippen molar-refractivity contribution in [1.82, 2.24) is 0 Å². The lowest BCUT2D eigenvalue weighted by Crippen LogP contribution is -2.46. The van der Waals surface area contributed by atoms with E-state index in [0.717, 1.165) is 12.8 Å². The fourth-order valence-corrected chi connectivity index (χ4v) is 1.61. The molecule has 0 aromatic rings. The number of ether oxygens (including phenoxy) is 1. The molecule has 0 aromatic carbocycles. The van der Waals surface area contributed by atoms with Crippen LogP contribution in [0.3, 0.4) is 0 Å². The lowest BCUT2D eigenvalue weighted by molar-refractivity contribution is -0.130. The average molecular weight is 182 g/mol. The lowest BCUT2D eigenvalue weighted by Gasteiger charge is -2.36. The second-order valence-corrected chi connectivity index (χ2v) is 3.65. The van der Waals surface area contributed by atoms with Gasteiger partial charge in [-0.1, -0.05) is 32.1 Å². The second kappa shape index (κ2) is 5.26. The standard InChI is InChI=1S/C11H18O2/c1-3-5-6-7-10(12)9-8-13-11(9)4-2/h2,9-12H,3,5-8H2,1H3/t9-,10-,11-/m1/s1. The fourth-order valence-electron chi connectivity index (χ4n) is 1.61. The van der Waals surface area contributed by atoms with E-state index < -0.39 is 0 Å². The Bertz CT molecular complexity index is 183. The molecule has 1 rings (SSSR count). The zero-order valence-electron chi connectivity index (χ0n) is 8.20. The average Bonchev–Trinajstić information content (AvgIpc) is 2.03. The molecule has 0 radical (unpaired) electrons. The number of rotatable bonds is 5. The number of terminal acetylenes is 1. The quantitative estimate of drug-likeness (QED) is 0.516. The molecule has 13 heavy (non-hydrogen) atoms. The molecule has 1 fully saturated rings. The van der Waals surface area contributed by atoms with E-state index in [-0.39, 0.29) is 18.1 Å². The van der Waals surface area contributed by atoms with Gasteiger partial charge in [0.05, 0.1) is 12.7 Å². The third-order valence-corrected chi connectivity index (χ3v) is 2.62. The van der Waals surface area contributed by atoms with Crippen LogP contribution >= 0.6 is 0 Å². The highest BCUT2D eigenvalue weighted by Crippen LogP contribution is 2.26. The van der Waals surface area contributed by atoms with Gasteiger partial charge in [-0.15, -0.1) is 6.42 Å². The summed E-state index contributed by atoms with van der Waals surface area (Å²) >= 11 is 0. The third kappa shape index (κ3) is 2.72. The fraction of sp³-hybridized carbons (Fsp3) is 0.818. The Morgan fingerprint density at radius 2 is 2.38 bits per heavy atom. The molecular weight excluding hydrogens is 164 g/mol. The van der Waals surface area contributed by atoms with E-state index in [1.807, 2.05) is 0 Å². The maximum Gasteiger partial charge on any atom is 0.125 e. The van der Waals surface area contributed by atoms with Crippen LogP contribution < -0.4 is 0 Å². The summed E-state index contributed by atoms with van der Waals surface area (Å²) in [6.45, 7) is 2.78. The van der Waals surface area contributed by atoms with Crippen LogP contribution in [0.5, 0.6) is 0 Å². The zero-order valence-corrected chi connectivity index (χ0v) is 8.20. The molecule has 0 saturated carbocycles. The highest BCUT2D eigenvalue weighted by Gasteiger charge is 2.35. The normalized spacial score (nSPS) is 29.0. The lowest BCUT2D eigenvalue weighted by atomic mass is 9.89. The molecule has 74 valence electrons. The van der Waals surface area contributed by atoms with Crippen LogP contribution in [0.25, 0.3) is 0 Å². The maximum atomic E-state index is 9.72. The first-order valence-corrected chi connectivity index (χ1v) is 5.05. The molecule has 1 N–H and O–H groups in total. The summed E-state index contributed by atoms with van der Waals surface area (Å²) in [7, 11) is 0. The van der Waals surface area contributed by atoms with Gasteiger partial charge in [-0.2, -0.15) is 0 Å². The molecule has 2 nitrogen and oxygen atoms in total. The van der Waals surface area contributed by atoms with E-state index in [9.17, 15) is 5.11 Å². The Morgan fingerprint density at radius 3 is 2.85 bits per heavy atom. The van der Waals surface area contributed by atoms with Crippen LogP contribution in [-0.2, 0) is 4.74 Å². The number of hydrogen-bond acceptors (Lipinski definition) is 2. The van der Waals surface area contributed by atoms with Crippen molar-refractivity contribution in [3.8, 4) is 12.3 Å². The van der Waals surface area contributed by atoms with Gasteiger partial charge < -0.3 is 9.84 Å². The van der Waals surface area contributed by atoms with Gasteiger partial charge >= 0.3 is 0 Å². The van der Waals surface area contributed by atoms with Crippen LogP contribution in [0, 0.1) is 18.3 Å². The van der Waals surface area contributed by atoms with Crippen molar-refractivity contribution in [2.24, 2.45) is 5.92 Å². The molecule has 2 heteroatoms. The molecule has 0 unspecified atom stereocenters.